The molecular formula is C26H19ClN6O3. The predicted octanol–water partition coefficient (Wildman–Crippen LogP) is 3.56. The van der Waals surface area contributed by atoms with Gasteiger partial charge in [-0.3, -0.25) is 29.9 Å². The number of hydrogen-bond acceptors (Lipinski definition) is 5. The van der Waals surface area contributed by atoms with E-state index in [-0.39, 0.29) is 11.3 Å². The topological polar surface area (TPSA) is 122 Å². The van der Waals surface area contributed by atoms with E-state index in [1.54, 1.807) is 59.4 Å². The highest BCUT2D eigenvalue weighted by Gasteiger charge is 2.20. The number of benzene rings is 3. The van der Waals surface area contributed by atoms with Crippen LogP contribution < -0.4 is 16.4 Å². The number of carbonyl (C=O) groups is 2. The molecule has 0 fully saturated rings. The minimum atomic E-state index is -0.680. The van der Waals surface area contributed by atoms with E-state index < -0.39 is 17.4 Å². The molecule has 2 heterocycles. The molecule has 5 aromatic rings. The Morgan fingerprint density at radius 2 is 1.53 bits per heavy atom. The van der Waals surface area contributed by atoms with Gasteiger partial charge in [0.15, 0.2) is 5.69 Å². The fraction of sp³-hybridized carbons (Fsp3) is 0.0385. The molecule has 0 bridgehead atoms. The number of halogens is 1. The number of hydrazine groups is 1. The second-order valence-electron chi connectivity index (χ2n) is 7.94. The Labute approximate surface area is 209 Å². The molecule has 10 heteroatoms. The number of fused-ring (bicyclic) bond motifs is 1. The van der Waals surface area contributed by atoms with Crippen molar-refractivity contribution in [2.45, 2.75) is 6.54 Å². The molecular weight excluding hydrogens is 480 g/mol. The minimum absolute atomic E-state index is 0.0248. The molecule has 36 heavy (non-hydrogen) atoms. The highest BCUT2D eigenvalue weighted by atomic mass is 35.5. The first-order valence-electron chi connectivity index (χ1n) is 10.9. The molecule has 178 valence electrons. The van der Waals surface area contributed by atoms with Gasteiger partial charge in [0.05, 0.1) is 17.5 Å². The minimum Gasteiger partial charge on any atom is -0.267 e. The normalized spacial score (nSPS) is 10.8. The first-order chi connectivity index (χ1) is 17.5. The van der Waals surface area contributed by atoms with Crippen LogP contribution in [-0.4, -0.2) is 31.8 Å². The summed E-state index contributed by atoms with van der Waals surface area (Å²) in [7, 11) is 0. The van der Waals surface area contributed by atoms with Crippen LogP contribution in [-0.2, 0) is 6.54 Å². The van der Waals surface area contributed by atoms with Crippen LogP contribution in [0.3, 0.4) is 0 Å². The number of nitrogens with one attached hydrogen (secondary N) is 3. The molecule has 0 unspecified atom stereocenters. The van der Waals surface area contributed by atoms with Gasteiger partial charge in [-0.2, -0.15) is 10.2 Å². The van der Waals surface area contributed by atoms with Gasteiger partial charge in [0.2, 0.25) is 0 Å². The van der Waals surface area contributed by atoms with Crippen molar-refractivity contribution in [3.8, 4) is 11.3 Å². The first kappa shape index (κ1) is 23.0. The molecule has 3 N–H and O–H groups in total. The Morgan fingerprint density at radius 3 is 2.28 bits per heavy atom. The molecule has 2 aromatic heterocycles. The Morgan fingerprint density at radius 1 is 0.861 bits per heavy atom. The largest absolute Gasteiger partial charge is 0.290 e. The van der Waals surface area contributed by atoms with E-state index in [0.717, 1.165) is 5.56 Å². The maximum absolute atomic E-state index is 13.1. The molecule has 2 amide bonds. The van der Waals surface area contributed by atoms with Gasteiger partial charge >= 0.3 is 0 Å². The molecule has 5 rings (SSSR count). The summed E-state index contributed by atoms with van der Waals surface area (Å²) in [6, 6.07) is 23.2. The van der Waals surface area contributed by atoms with Gasteiger partial charge in [0, 0.05) is 22.2 Å². The fourth-order valence-corrected chi connectivity index (χ4v) is 3.91. The standard InChI is InChI=1S/C26H19ClN6O3/c27-18-12-10-17(11-13-18)22-21(15-33(32-22)14-16-6-2-1-3-7-16)25(35)30-31-26(36)23-19-8-4-5-9-20(19)24(34)29-28-23/h1-13,15H,14H2,(H,29,34)(H,30,35)(H,31,36). The van der Waals surface area contributed by atoms with Gasteiger partial charge in [0.1, 0.15) is 5.69 Å². The Bertz CT molecular complexity index is 1630. The van der Waals surface area contributed by atoms with Gasteiger partial charge < -0.3 is 0 Å². The summed E-state index contributed by atoms with van der Waals surface area (Å²) < 4.78 is 1.66. The maximum Gasteiger partial charge on any atom is 0.290 e. The van der Waals surface area contributed by atoms with Gasteiger partial charge in [-0.15, -0.1) is 0 Å². The molecule has 0 spiro atoms. The molecule has 0 saturated carbocycles. The average Bonchev–Trinajstić information content (AvgIpc) is 3.32. The summed E-state index contributed by atoms with van der Waals surface area (Å²) in [6.07, 6.45) is 1.62. The lowest BCUT2D eigenvalue weighted by Crippen LogP contribution is -2.42. The number of hydrogen-bond donors (Lipinski definition) is 3. The summed E-state index contributed by atoms with van der Waals surface area (Å²) >= 11 is 6.03. The van der Waals surface area contributed by atoms with Crippen molar-refractivity contribution in [2.24, 2.45) is 0 Å². The number of amides is 2. The van der Waals surface area contributed by atoms with Crippen molar-refractivity contribution in [2.75, 3.05) is 0 Å². The molecule has 0 aliphatic heterocycles. The SMILES string of the molecule is O=C(NNC(=O)c1n[nH]c(=O)c2ccccc12)c1cn(Cc2ccccc2)nc1-c1ccc(Cl)cc1. The zero-order chi connectivity index (χ0) is 25.1. The Balaban J connectivity index is 1.41. The monoisotopic (exact) mass is 498 g/mol. The van der Waals surface area contributed by atoms with Crippen LogP contribution in [0.1, 0.15) is 26.4 Å². The lowest BCUT2D eigenvalue weighted by Gasteiger charge is -2.08. The third-order valence-corrected chi connectivity index (χ3v) is 5.76. The van der Waals surface area contributed by atoms with Crippen molar-refractivity contribution in [1.29, 1.82) is 0 Å². The first-order valence-corrected chi connectivity index (χ1v) is 11.3. The predicted molar refractivity (Wildman–Crippen MR) is 136 cm³/mol. The van der Waals surface area contributed by atoms with Gasteiger partial charge in [-0.25, -0.2) is 5.10 Å². The van der Waals surface area contributed by atoms with Gasteiger partial charge in [0.25, 0.3) is 17.4 Å². The molecule has 0 saturated heterocycles. The zero-order valence-corrected chi connectivity index (χ0v) is 19.5. The van der Waals surface area contributed by atoms with Crippen LogP contribution in [0, 0.1) is 0 Å². The number of nitrogens with zero attached hydrogens (tertiary/aromatic N) is 3. The van der Waals surface area contributed by atoms with Gasteiger partial charge in [-0.1, -0.05) is 72.3 Å². The third kappa shape index (κ3) is 4.73. The number of H-pyrrole nitrogens is 1. The van der Waals surface area contributed by atoms with Crippen molar-refractivity contribution in [3.05, 3.63) is 117 Å². The van der Waals surface area contributed by atoms with Crippen LogP contribution in [0.15, 0.2) is 89.9 Å². The quantitative estimate of drug-likeness (QED) is 0.320. The van der Waals surface area contributed by atoms with Crippen LogP contribution >= 0.6 is 11.6 Å². The number of rotatable bonds is 5. The van der Waals surface area contributed by atoms with Crippen LogP contribution in [0.5, 0.6) is 0 Å². The van der Waals surface area contributed by atoms with Crippen molar-refractivity contribution < 1.29 is 9.59 Å². The molecule has 3 aromatic carbocycles. The summed E-state index contributed by atoms with van der Waals surface area (Å²) in [5.74, 6) is -1.25. The molecule has 0 atom stereocenters. The molecule has 9 nitrogen and oxygen atoms in total. The molecule has 0 aliphatic rings. The van der Waals surface area contributed by atoms with Crippen LogP contribution in [0.25, 0.3) is 22.0 Å². The maximum atomic E-state index is 13.1. The Hall–Kier alpha value is -4.76. The third-order valence-electron chi connectivity index (χ3n) is 5.51. The van der Waals surface area contributed by atoms with E-state index in [1.165, 1.54) is 0 Å². The lowest BCUT2D eigenvalue weighted by atomic mass is 10.1. The van der Waals surface area contributed by atoms with Crippen molar-refractivity contribution in [3.63, 3.8) is 0 Å². The van der Waals surface area contributed by atoms with E-state index in [9.17, 15) is 14.4 Å². The fourth-order valence-electron chi connectivity index (χ4n) is 3.79. The van der Waals surface area contributed by atoms with Crippen molar-refractivity contribution >= 4 is 34.2 Å². The van der Waals surface area contributed by atoms with E-state index in [4.69, 9.17) is 11.6 Å². The number of carbonyl (C=O) groups excluding carboxylic acids is 2. The summed E-state index contributed by atoms with van der Waals surface area (Å²) in [5.41, 5.74) is 6.76. The zero-order valence-electron chi connectivity index (χ0n) is 18.7. The number of aromatic amines is 1. The van der Waals surface area contributed by atoms with E-state index in [1.807, 2.05) is 30.3 Å². The van der Waals surface area contributed by atoms with Crippen LogP contribution in [0.2, 0.25) is 5.02 Å². The second kappa shape index (κ2) is 9.85. The Kier molecular flexibility index (Phi) is 6.29. The second-order valence-corrected chi connectivity index (χ2v) is 8.37. The van der Waals surface area contributed by atoms with Crippen molar-refractivity contribution in [1.82, 2.24) is 30.8 Å². The van der Waals surface area contributed by atoms with E-state index in [2.05, 4.69) is 26.1 Å². The lowest BCUT2D eigenvalue weighted by molar-refractivity contribution is 0.0844. The highest BCUT2D eigenvalue weighted by Crippen LogP contribution is 2.24. The molecule has 0 radical (unpaired) electrons. The molecule has 0 aliphatic carbocycles. The summed E-state index contributed by atoms with van der Waals surface area (Å²) in [6.45, 7) is 0.453. The van der Waals surface area contributed by atoms with E-state index >= 15 is 0 Å². The summed E-state index contributed by atoms with van der Waals surface area (Å²) in [5, 5.41) is 12.0. The van der Waals surface area contributed by atoms with Crippen LogP contribution in [0.4, 0.5) is 0 Å². The van der Waals surface area contributed by atoms with Gasteiger partial charge in [-0.05, 0) is 23.8 Å². The summed E-state index contributed by atoms with van der Waals surface area (Å²) in [4.78, 5) is 37.9. The highest BCUT2D eigenvalue weighted by molar-refractivity contribution is 6.30. The van der Waals surface area contributed by atoms with E-state index in [0.29, 0.717) is 33.6 Å². The number of aromatic nitrogens is 4. The smallest absolute Gasteiger partial charge is 0.267 e. The average molecular weight is 499 g/mol.